The van der Waals surface area contributed by atoms with Crippen molar-refractivity contribution in [1.29, 1.82) is 0 Å². The number of carbonyl (C=O) groups is 2. The van der Waals surface area contributed by atoms with Crippen LogP contribution in [0.25, 0.3) is 33.3 Å². The first-order chi connectivity index (χ1) is 17.8. The second-order valence-corrected chi connectivity index (χ2v) is 8.85. The van der Waals surface area contributed by atoms with Crippen molar-refractivity contribution in [2.75, 3.05) is 12.8 Å². The van der Waals surface area contributed by atoms with Crippen LogP contribution in [0, 0.1) is 0 Å². The van der Waals surface area contributed by atoms with E-state index in [9.17, 15) is 14.7 Å². The lowest BCUT2D eigenvalue weighted by Crippen LogP contribution is -2.47. The molecule has 1 aliphatic rings. The third-order valence-corrected chi connectivity index (χ3v) is 6.75. The van der Waals surface area contributed by atoms with Crippen LogP contribution in [0.5, 0.6) is 11.6 Å². The molecule has 3 aromatic heterocycles. The number of aromatic hydroxyl groups is 1. The van der Waals surface area contributed by atoms with Crippen molar-refractivity contribution in [1.82, 2.24) is 34.7 Å². The predicted octanol–water partition coefficient (Wildman–Crippen LogP) is 2.02. The lowest BCUT2D eigenvalue weighted by atomic mass is 9.89. The minimum absolute atomic E-state index is 0.0365. The normalized spacial score (nSPS) is 17.4. The molecule has 5 N–H and O–H groups in total. The fourth-order valence-corrected chi connectivity index (χ4v) is 4.86. The van der Waals surface area contributed by atoms with Gasteiger partial charge in [-0.15, -0.1) is 0 Å². The molecule has 0 radical (unpaired) electrons. The highest BCUT2D eigenvalue weighted by Gasteiger charge is 2.48. The second-order valence-electron chi connectivity index (χ2n) is 8.85. The zero-order valence-corrected chi connectivity index (χ0v) is 19.9. The Kier molecular flexibility index (Phi) is 4.80. The molecule has 0 saturated carbocycles. The lowest BCUT2D eigenvalue weighted by Gasteiger charge is -2.27. The summed E-state index contributed by atoms with van der Waals surface area (Å²) in [5, 5.41) is 17.4. The van der Waals surface area contributed by atoms with Crippen LogP contribution < -0.4 is 21.1 Å². The third kappa shape index (κ3) is 3.33. The van der Waals surface area contributed by atoms with E-state index in [2.05, 4.69) is 25.6 Å². The van der Waals surface area contributed by atoms with Crippen LogP contribution in [0.1, 0.15) is 5.56 Å². The number of benzene rings is 2. The van der Waals surface area contributed by atoms with E-state index >= 15 is 0 Å². The van der Waals surface area contributed by atoms with Gasteiger partial charge in [0, 0.05) is 29.6 Å². The number of urea groups is 1. The molecule has 0 unspecified atom stereocenters. The van der Waals surface area contributed by atoms with Crippen LogP contribution in [0.15, 0.2) is 55.0 Å². The molecule has 1 saturated heterocycles. The van der Waals surface area contributed by atoms with E-state index in [-0.39, 0.29) is 12.4 Å². The van der Waals surface area contributed by atoms with Crippen molar-refractivity contribution in [3.8, 4) is 23.0 Å². The number of aryl methyl sites for hydroxylation is 1. The number of fused-ring (bicyclic) bond motifs is 2. The summed E-state index contributed by atoms with van der Waals surface area (Å²) in [5.41, 5.74) is 6.93. The number of hydrogen-bond acceptors (Lipinski definition) is 8. The number of nitrogen functional groups attached to an aromatic ring is 1. The van der Waals surface area contributed by atoms with E-state index in [1.165, 1.54) is 10.9 Å². The van der Waals surface area contributed by atoms with Crippen LogP contribution in [-0.4, -0.2) is 48.2 Å². The molecule has 12 heteroatoms. The molecule has 5 aromatic rings. The van der Waals surface area contributed by atoms with Gasteiger partial charge in [0.1, 0.15) is 23.4 Å². The van der Waals surface area contributed by atoms with Gasteiger partial charge in [-0.1, -0.05) is 24.3 Å². The van der Waals surface area contributed by atoms with Gasteiger partial charge in [0.05, 0.1) is 13.7 Å². The predicted molar refractivity (Wildman–Crippen MR) is 135 cm³/mol. The number of rotatable bonds is 5. The quantitative estimate of drug-likeness (QED) is 0.268. The van der Waals surface area contributed by atoms with E-state index in [4.69, 9.17) is 10.5 Å². The molecule has 1 fully saturated rings. The number of aromatic nitrogens is 5. The zero-order valence-electron chi connectivity index (χ0n) is 19.9. The highest BCUT2D eigenvalue weighted by molar-refractivity contribution is 6.07. The van der Waals surface area contributed by atoms with Crippen LogP contribution in [0.3, 0.4) is 0 Å². The Labute approximate surface area is 209 Å². The van der Waals surface area contributed by atoms with Gasteiger partial charge >= 0.3 is 6.03 Å². The Bertz CT molecular complexity index is 1720. The Balaban J connectivity index is 1.42. The summed E-state index contributed by atoms with van der Waals surface area (Å²) in [6.07, 6.45) is 3.09. The Hall–Kier alpha value is -5.13. The number of carbonyl (C=O) groups excluding carboxylic acids is 2. The summed E-state index contributed by atoms with van der Waals surface area (Å²) in [5.74, 6) is 0.963. The van der Waals surface area contributed by atoms with Gasteiger partial charge in [0.25, 0.3) is 5.91 Å². The topological polar surface area (TPSA) is 162 Å². The minimum atomic E-state index is -1.45. The summed E-state index contributed by atoms with van der Waals surface area (Å²) in [6.45, 7) is -0.0365. The molecule has 1 atom stereocenters. The molecule has 12 nitrogen and oxygen atoms in total. The van der Waals surface area contributed by atoms with Crippen molar-refractivity contribution in [3.05, 3.63) is 60.6 Å². The maximum absolute atomic E-state index is 13.1. The summed E-state index contributed by atoms with van der Waals surface area (Å²) >= 11 is 0. The SMILES string of the molecule is COc1ccc2cn(C[C@@]3(c4ccc(-c5nc6ncnc(N)c6n5C)cc4)NC(=O)NC3=O)c(O)c2c1. The molecular weight excluding hydrogens is 476 g/mol. The highest BCUT2D eigenvalue weighted by Crippen LogP contribution is 2.35. The number of nitrogens with two attached hydrogens (primary N) is 1. The molecule has 186 valence electrons. The van der Waals surface area contributed by atoms with E-state index in [1.54, 1.807) is 54.3 Å². The average Bonchev–Trinajstić information content (AvgIpc) is 3.50. The smallest absolute Gasteiger partial charge is 0.322 e. The van der Waals surface area contributed by atoms with Crippen molar-refractivity contribution in [2.24, 2.45) is 7.05 Å². The molecule has 1 aliphatic heterocycles. The number of hydrogen-bond donors (Lipinski definition) is 4. The molecule has 0 aliphatic carbocycles. The third-order valence-electron chi connectivity index (χ3n) is 6.75. The number of anilines is 1. The van der Waals surface area contributed by atoms with Gasteiger partial charge in [-0.2, -0.15) is 0 Å². The van der Waals surface area contributed by atoms with Gasteiger partial charge in [0.15, 0.2) is 22.9 Å². The van der Waals surface area contributed by atoms with Gasteiger partial charge < -0.3 is 30.0 Å². The number of imidazole rings is 1. The van der Waals surface area contributed by atoms with Gasteiger partial charge in [-0.3, -0.25) is 10.1 Å². The zero-order chi connectivity index (χ0) is 25.9. The molecule has 6 rings (SSSR count). The van der Waals surface area contributed by atoms with E-state index in [0.29, 0.717) is 39.5 Å². The number of nitrogens with zero attached hydrogens (tertiary/aromatic N) is 5. The number of ether oxygens (including phenoxy) is 1. The Morgan fingerprint density at radius 2 is 1.92 bits per heavy atom. The first-order valence-electron chi connectivity index (χ1n) is 11.3. The molecule has 4 heterocycles. The monoisotopic (exact) mass is 498 g/mol. The summed E-state index contributed by atoms with van der Waals surface area (Å²) in [7, 11) is 3.36. The minimum Gasteiger partial charge on any atom is -0.497 e. The van der Waals surface area contributed by atoms with Crippen LogP contribution in [0.4, 0.5) is 10.6 Å². The van der Waals surface area contributed by atoms with Gasteiger partial charge in [-0.05, 0) is 23.8 Å². The summed E-state index contributed by atoms with van der Waals surface area (Å²) < 4.78 is 8.60. The standard InChI is InChI=1S/C25H22N8O4/c1-32-18-19(26)27-12-28-20(18)29-21(32)13-3-6-15(7-4-13)25(23(35)30-24(36)31-25)11-33-10-14-5-8-16(37-2)9-17(14)22(33)34/h3-10,12,34H,11H2,1-2H3,(H2,26,27,28)(H2,30,31,35,36)/t25-/m0/s1. The van der Waals surface area contributed by atoms with Gasteiger partial charge in [0.2, 0.25) is 0 Å². The first-order valence-corrected chi connectivity index (χ1v) is 11.3. The molecule has 0 bridgehead atoms. The Morgan fingerprint density at radius 3 is 2.59 bits per heavy atom. The first kappa shape index (κ1) is 22.3. The largest absolute Gasteiger partial charge is 0.497 e. The van der Waals surface area contributed by atoms with Crippen molar-refractivity contribution in [3.63, 3.8) is 0 Å². The van der Waals surface area contributed by atoms with E-state index in [1.807, 2.05) is 13.1 Å². The number of nitrogens with one attached hydrogen (secondary N) is 2. The molecule has 2 aromatic carbocycles. The summed E-state index contributed by atoms with van der Waals surface area (Å²) in [6, 6.07) is 11.8. The van der Waals surface area contributed by atoms with Crippen molar-refractivity contribution < 1.29 is 19.4 Å². The maximum atomic E-state index is 13.1. The number of amides is 3. The maximum Gasteiger partial charge on any atom is 0.322 e. The molecular formula is C25H22N8O4. The molecule has 37 heavy (non-hydrogen) atoms. The number of imide groups is 1. The van der Waals surface area contributed by atoms with Crippen molar-refractivity contribution in [2.45, 2.75) is 12.1 Å². The van der Waals surface area contributed by atoms with E-state index in [0.717, 1.165) is 10.9 Å². The fourth-order valence-electron chi connectivity index (χ4n) is 4.86. The van der Waals surface area contributed by atoms with Crippen LogP contribution in [0.2, 0.25) is 0 Å². The molecule has 3 amide bonds. The Morgan fingerprint density at radius 1 is 1.14 bits per heavy atom. The van der Waals surface area contributed by atoms with Crippen LogP contribution >= 0.6 is 0 Å². The van der Waals surface area contributed by atoms with Crippen molar-refractivity contribution >= 4 is 39.7 Å². The fraction of sp³-hybridized carbons (Fsp3) is 0.160. The highest BCUT2D eigenvalue weighted by atomic mass is 16.5. The second kappa shape index (κ2) is 7.95. The van der Waals surface area contributed by atoms with Crippen LogP contribution in [-0.2, 0) is 23.9 Å². The summed E-state index contributed by atoms with van der Waals surface area (Å²) in [4.78, 5) is 38.2. The lowest BCUT2D eigenvalue weighted by molar-refractivity contribution is -0.124. The van der Waals surface area contributed by atoms with Gasteiger partial charge in [-0.25, -0.2) is 19.7 Å². The average molecular weight is 499 g/mol. The number of methoxy groups -OCH3 is 1. The molecule has 0 spiro atoms. The van der Waals surface area contributed by atoms with E-state index < -0.39 is 17.5 Å².